The molecule has 2 rings (SSSR count). The number of hydrogen-bond donors (Lipinski definition) is 1. The van der Waals surface area contributed by atoms with Crippen molar-refractivity contribution in [3.8, 4) is 0 Å². The van der Waals surface area contributed by atoms with Crippen LogP contribution < -0.4 is 5.48 Å². The Morgan fingerprint density at radius 1 is 1.33 bits per heavy atom. The van der Waals surface area contributed by atoms with E-state index >= 15 is 0 Å². The lowest BCUT2D eigenvalue weighted by Gasteiger charge is -2.18. The molecule has 5 nitrogen and oxygen atoms in total. The molecule has 0 saturated heterocycles. The van der Waals surface area contributed by atoms with Crippen molar-refractivity contribution in [3.63, 3.8) is 0 Å². The summed E-state index contributed by atoms with van der Waals surface area (Å²) in [6, 6.07) is 4.71. The van der Waals surface area contributed by atoms with Gasteiger partial charge in [0.2, 0.25) is 0 Å². The van der Waals surface area contributed by atoms with Gasteiger partial charge in [-0.3, -0.25) is 14.4 Å². The van der Waals surface area contributed by atoms with Crippen LogP contribution in [0, 0.1) is 5.92 Å². The Bertz CT molecular complexity index is 569. The lowest BCUT2D eigenvalue weighted by Crippen LogP contribution is -2.35. The zero-order valence-corrected chi connectivity index (χ0v) is 12.4. The molecule has 1 N–H and O–H groups in total. The fourth-order valence-corrected chi connectivity index (χ4v) is 2.56. The van der Waals surface area contributed by atoms with Crippen LogP contribution in [0.1, 0.15) is 35.2 Å². The molecule has 0 spiro atoms. The predicted octanol–water partition coefficient (Wildman–Crippen LogP) is 2.11. The Morgan fingerprint density at radius 2 is 2.00 bits per heavy atom. The fraction of sp³-hybridized carbons (Fsp3) is 0.400. The number of halogens is 1. The summed E-state index contributed by atoms with van der Waals surface area (Å²) in [6.45, 7) is 0.322. The van der Waals surface area contributed by atoms with E-state index < -0.39 is 11.7 Å². The van der Waals surface area contributed by atoms with Gasteiger partial charge in [-0.15, -0.1) is 0 Å². The van der Waals surface area contributed by atoms with E-state index in [1.54, 1.807) is 12.1 Å². The third-order valence-electron chi connectivity index (χ3n) is 3.49. The third-order valence-corrected chi connectivity index (χ3v) is 3.86. The summed E-state index contributed by atoms with van der Waals surface area (Å²) in [5.41, 5.74) is 3.63. The summed E-state index contributed by atoms with van der Waals surface area (Å²) in [6.07, 6.45) is 1.10. The summed E-state index contributed by atoms with van der Waals surface area (Å²) in [5.74, 6) is -2.17. The molecule has 0 aromatic heterocycles. The van der Waals surface area contributed by atoms with Gasteiger partial charge in [0, 0.05) is 30.0 Å². The minimum atomic E-state index is -1.15. The van der Waals surface area contributed by atoms with E-state index in [4.69, 9.17) is 16.4 Å². The van der Waals surface area contributed by atoms with Gasteiger partial charge in [-0.25, -0.2) is 0 Å². The molecule has 6 heteroatoms. The van der Waals surface area contributed by atoms with Crippen molar-refractivity contribution in [1.29, 1.82) is 0 Å². The van der Waals surface area contributed by atoms with E-state index in [1.807, 2.05) is 0 Å². The second-order valence-corrected chi connectivity index (χ2v) is 5.32. The summed E-state index contributed by atoms with van der Waals surface area (Å²) in [5, 5.41) is 0.484. The number of hydroxylamine groups is 1. The van der Waals surface area contributed by atoms with Crippen LogP contribution in [-0.2, 0) is 21.0 Å². The molecule has 1 aliphatic carbocycles. The number of hydrogen-bond acceptors (Lipinski definition) is 5. The first-order chi connectivity index (χ1) is 10.0. The summed E-state index contributed by atoms with van der Waals surface area (Å²) < 4.78 is 0. The van der Waals surface area contributed by atoms with Gasteiger partial charge in [-0.05, 0) is 30.2 Å². The molecule has 1 aromatic rings. The van der Waals surface area contributed by atoms with Gasteiger partial charge in [0.1, 0.15) is 5.92 Å². The van der Waals surface area contributed by atoms with Crippen LogP contribution in [0.3, 0.4) is 0 Å². The Hall–Kier alpha value is -1.56. The zero-order chi connectivity index (χ0) is 15.4. The van der Waals surface area contributed by atoms with Crippen LogP contribution in [0.5, 0.6) is 0 Å². The molecular weight excluding hydrogens is 294 g/mol. The molecule has 0 unspecified atom stereocenters. The highest BCUT2D eigenvalue weighted by Gasteiger charge is 2.36. The monoisotopic (exact) mass is 309 g/mol. The second kappa shape index (κ2) is 6.93. The Balaban J connectivity index is 2.26. The van der Waals surface area contributed by atoms with E-state index in [2.05, 4.69) is 5.48 Å². The molecule has 0 bridgehead atoms. The number of Topliss-reactive ketones (excluding diaryl/α,β-unsaturated/α-hetero) is 3. The van der Waals surface area contributed by atoms with Gasteiger partial charge in [-0.1, -0.05) is 11.6 Å². The highest BCUT2D eigenvalue weighted by atomic mass is 35.5. The Labute approximate surface area is 127 Å². The summed E-state index contributed by atoms with van der Waals surface area (Å²) >= 11 is 6.04. The van der Waals surface area contributed by atoms with Crippen molar-refractivity contribution < 1.29 is 19.2 Å². The third kappa shape index (κ3) is 3.56. The van der Waals surface area contributed by atoms with Gasteiger partial charge >= 0.3 is 0 Å². The molecule has 1 saturated carbocycles. The van der Waals surface area contributed by atoms with Crippen LogP contribution in [0.2, 0.25) is 5.02 Å². The SMILES string of the molecule is CONCc1cc(C(=O)C2C(=O)CCCC2=O)ccc1Cl. The van der Waals surface area contributed by atoms with Crippen molar-refractivity contribution in [2.75, 3.05) is 7.11 Å². The molecular formula is C15H16ClNO4. The van der Waals surface area contributed by atoms with E-state index in [1.165, 1.54) is 13.2 Å². The maximum absolute atomic E-state index is 12.4. The lowest BCUT2D eigenvalue weighted by atomic mass is 9.81. The van der Waals surface area contributed by atoms with Gasteiger partial charge in [0.25, 0.3) is 0 Å². The first-order valence-corrected chi connectivity index (χ1v) is 7.06. The van der Waals surface area contributed by atoms with Crippen molar-refractivity contribution in [2.45, 2.75) is 25.8 Å². The molecule has 0 amide bonds. The normalized spacial score (nSPS) is 16.3. The average Bonchev–Trinajstić information content (AvgIpc) is 2.46. The highest BCUT2D eigenvalue weighted by molar-refractivity contribution is 6.31. The molecule has 0 atom stereocenters. The van der Waals surface area contributed by atoms with Crippen molar-refractivity contribution in [2.24, 2.45) is 5.92 Å². The summed E-state index contributed by atoms with van der Waals surface area (Å²) in [7, 11) is 1.47. The molecule has 0 radical (unpaired) electrons. The molecule has 1 fully saturated rings. The minimum Gasteiger partial charge on any atom is -0.305 e. The van der Waals surface area contributed by atoms with Gasteiger partial charge < -0.3 is 4.84 Å². The standard InChI is InChI=1S/C15H16ClNO4/c1-21-17-8-10-7-9(5-6-11(10)16)15(20)14-12(18)3-2-4-13(14)19/h5-7,14,17H,2-4,8H2,1H3. The number of rotatable bonds is 5. The predicted molar refractivity (Wildman–Crippen MR) is 77.0 cm³/mol. The van der Waals surface area contributed by atoms with E-state index in [-0.39, 0.29) is 24.4 Å². The maximum Gasteiger partial charge on any atom is 0.180 e. The smallest absolute Gasteiger partial charge is 0.180 e. The first kappa shape index (κ1) is 15.8. The Kier molecular flexibility index (Phi) is 5.22. The number of carbonyl (C=O) groups excluding carboxylic acids is 3. The van der Waals surface area contributed by atoms with Crippen LogP contribution >= 0.6 is 11.6 Å². The van der Waals surface area contributed by atoms with E-state index in [9.17, 15) is 14.4 Å². The Morgan fingerprint density at radius 3 is 2.62 bits per heavy atom. The molecule has 0 aliphatic heterocycles. The van der Waals surface area contributed by atoms with Crippen LogP contribution in [0.4, 0.5) is 0 Å². The average molecular weight is 310 g/mol. The second-order valence-electron chi connectivity index (χ2n) is 4.91. The fourth-order valence-electron chi connectivity index (χ4n) is 2.38. The largest absolute Gasteiger partial charge is 0.305 e. The van der Waals surface area contributed by atoms with E-state index in [0.29, 0.717) is 29.1 Å². The quantitative estimate of drug-likeness (QED) is 0.512. The van der Waals surface area contributed by atoms with Crippen LogP contribution in [-0.4, -0.2) is 24.5 Å². The molecule has 1 aromatic carbocycles. The zero-order valence-electron chi connectivity index (χ0n) is 11.6. The van der Waals surface area contributed by atoms with Gasteiger partial charge in [-0.2, -0.15) is 5.48 Å². The highest BCUT2D eigenvalue weighted by Crippen LogP contribution is 2.24. The molecule has 112 valence electrons. The van der Waals surface area contributed by atoms with Crippen molar-refractivity contribution in [3.05, 3.63) is 34.3 Å². The topological polar surface area (TPSA) is 72.5 Å². The number of benzene rings is 1. The number of nitrogens with one attached hydrogen (secondary N) is 1. The lowest BCUT2D eigenvalue weighted by molar-refractivity contribution is -0.133. The van der Waals surface area contributed by atoms with Gasteiger partial charge in [0.15, 0.2) is 17.3 Å². The number of carbonyl (C=O) groups is 3. The van der Waals surface area contributed by atoms with Crippen molar-refractivity contribution >= 4 is 29.0 Å². The van der Waals surface area contributed by atoms with Gasteiger partial charge in [0.05, 0.1) is 7.11 Å². The van der Waals surface area contributed by atoms with Crippen molar-refractivity contribution in [1.82, 2.24) is 5.48 Å². The summed E-state index contributed by atoms with van der Waals surface area (Å²) in [4.78, 5) is 40.9. The molecule has 0 heterocycles. The first-order valence-electron chi connectivity index (χ1n) is 6.68. The number of ketones is 3. The van der Waals surface area contributed by atoms with Crippen LogP contribution in [0.25, 0.3) is 0 Å². The van der Waals surface area contributed by atoms with Crippen LogP contribution in [0.15, 0.2) is 18.2 Å². The molecule has 1 aliphatic rings. The molecule has 21 heavy (non-hydrogen) atoms. The maximum atomic E-state index is 12.4. The van der Waals surface area contributed by atoms with E-state index in [0.717, 1.165) is 0 Å². The minimum absolute atomic E-state index is 0.286.